The topological polar surface area (TPSA) is 66.0 Å². The quantitative estimate of drug-likeness (QED) is 0.728. The van der Waals surface area contributed by atoms with E-state index >= 15 is 0 Å². The Balaban J connectivity index is 2.45. The molecule has 0 unspecified atom stereocenters. The Labute approximate surface area is 110 Å². The fourth-order valence-corrected chi connectivity index (χ4v) is 1.86. The molecule has 0 radical (unpaired) electrons. The minimum absolute atomic E-state index is 0.0144. The average Bonchev–Trinajstić information content (AvgIpc) is 2.61. The molecule has 1 aromatic carbocycles. The highest BCUT2D eigenvalue weighted by Crippen LogP contribution is 2.38. The summed E-state index contributed by atoms with van der Waals surface area (Å²) < 4.78 is 11.0. The molecule has 0 bridgehead atoms. The summed E-state index contributed by atoms with van der Waals surface area (Å²) >= 11 is 6.09. The zero-order chi connectivity index (χ0) is 13.0. The van der Waals surface area contributed by atoms with Gasteiger partial charge in [-0.3, -0.25) is 0 Å². The van der Waals surface area contributed by atoms with E-state index < -0.39 is 0 Å². The van der Waals surface area contributed by atoms with Gasteiger partial charge in [0, 0.05) is 6.42 Å². The van der Waals surface area contributed by atoms with E-state index in [4.69, 9.17) is 31.6 Å². The number of allylic oxidation sites excluding steroid dienone is 1. The molecule has 0 N–H and O–H groups in total. The average molecular weight is 261 g/mol. The number of ether oxygens (including phenoxy) is 2. The summed E-state index contributed by atoms with van der Waals surface area (Å²) in [6, 6.07) is 6.95. The summed E-state index contributed by atoms with van der Waals surface area (Å²) in [7, 11) is 0. The van der Waals surface area contributed by atoms with Crippen molar-refractivity contribution in [2.45, 2.75) is 6.42 Å². The van der Waals surface area contributed by atoms with Gasteiger partial charge in [0.05, 0.1) is 18.2 Å². The van der Waals surface area contributed by atoms with Gasteiger partial charge < -0.3 is 9.47 Å². The van der Waals surface area contributed by atoms with Crippen LogP contribution >= 0.6 is 11.6 Å². The Morgan fingerprint density at radius 1 is 1.22 bits per heavy atom. The van der Waals surface area contributed by atoms with Crippen molar-refractivity contribution < 1.29 is 9.47 Å². The van der Waals surface area contributed by atoms with Crippen molar-refractivity contribution in [3.8, 4) is 23.6 Å². The molecule has 0 saturated heterocycles. The molecule has 90 valence electrons. The molecule has 1 aliphatic rings. The van der Waals surface area contributed by atoms with E-state index in [1.807, 2.05) is 0 Å². The molecule has 0 aliphatic carbocycles. The van der Waals surface area contributed by atoms with Crippen molar-refractivity contribution in [3.05, 3.63) is 28.3 Å². The van der Waals surface area contributed by atoms with E-state index in [2.05, 4.69) is 0 Å². The molecule has 4 nitrogen and oxygen atoms in total. The van der Waals surface area contributed by atoms with Gasteiger partial charge in [-0.2, -0.15) is 10.5 Å². The number of nitriles is 2. The molecule has 0 amide bonds. The predicted molar refractivity (Wildman–Crippen MR) is 66.3 cm³/mol. The number of nitrogens with zero attached hydrogens (tertiary/aromatic N) is 2. The molecular weight excluding hydrogens is 252 g/mol. The SMILES string of the molecule is N#CC(C#N)=Cc1cc(Cl)c2c(c1)OCCCO2. The molecule has 18 heavy (non-hydrogen) atoms. The van der Waals surface area contributed by atoms with Crippen LogP contribution in [0.25, 0.3) is 6.08 Å². The van der Waals surface area contributed by atoms with Crippen molar-refractivity contribution in [3.63, 3.8) is 0 Å². The second-order valence-corrected chi connectivity index (χ2v) is 4.07. The third-order valence-corrected chi connectivity index (χ3v) is 2.66. The van der Waals surface area contributed by atoms with Gasteiger partial charge in [0.15, 0.2) is 11.5 Å². The van der Waals surface area contributed by atoms with Crippen molar-refractivity contribution in [2.24, 2.45) is 0 Å². The van der Waals surface area contributed by atoms with Crippen LogP contribution in [0.3, 0.4) is 0 Å². The van der Waals surface area contributed by atoms with Crippen molar-refractivity contribution in [2.75, 3.05) is 13.2 Å². The van der Waals surface area contributed by atoms with E-state index in [0.29, 0.717) is 35.3 Å². The van der Waals surface area contributed by atoms with Crippen LogP contribution in [0.15, 0.2) is 17.7 Å². The molecule has 1 aliphatic heterocycles. The molecule has 5 heteroatoms. The molecule has 0 atom stereocenters. The maximum absolute atomic E-state index is 8.71. The van der Waals surface area contributed by atoms with Crippen LogP contribution in [-0.2, 0) is 0 Å². The summed E-state index contributed by atoms with van der Waals surface area (Å²) in [6.45, 7) is 1.11. The molecular formula is C13H9ClN2O2. The lowest BCUT2D eigenvalue weighted by atomic mass is 10.1. The summed E-state index contributed by atoms with van der Waals surface area (Å²) in [5.74, 6) is 1.06. The summed E-state index contributed by atoms with van der Waals surface area (Å²) in [5, 5.41) is 17.8. The van der Waals surface area contributed by atoms with Crippen molar-refractivity contribution >= 4 is 17.7 Å². The van der Waals surface area contributed by atoms with Gasteiger partial charge in [-0.15, -0.1) is 0 Å². The van der Waals surface area contributed by atoms with Gasteiger partial charge in [0.2, 0.25) is 0 Å². The predicted octanol–water partition coefficient (Wildman–Crippen LogP) is 2.93. The van der Waals surface area contributed by atoms with E-state index in [1.165, 1.54) is 6.08 Å². The van der Waals surface area contributed by atoms with Crippen LogP contribution in [0.4, 0.5) is 0 Å². The van der Waals surface area contributed by atoms with Gasteiger partial charge in [-0.25, -0.2) is 0 Å². The normalized spacial score (nSPS) is 12.8. The molecule has 0 fully saturated rings. The first kappa shape index (κ1) is 12.3. The van der Waals surface area contributed by atoms with Gasteiger partial charge in [0.1, 0.15) is 17.7 Å². The maximum atomic E-state index is 8.71. The fraction of sp³-hybridized carbons (Fsp3) is 0.231. The minimum atomic E-state index is 0.0144. The lowest BCUT2D eigenvalue weighted by molar-refractivity contribution is 0.297. The van der Waals surface area contributed by atoms with Crippen LogP contribution in [0.5, 0.6) is 11.5 Å². The van der Waals surface area contributed by atoms with E-state index in [9.17, 15) is 0 Å². The third kappa shape index (κ3) is 2.56. The molecule has 0 aromatic heterocycles. The second kappa shape index (κ2) is 5.44. The Hall–Kier alpha value is -2.17. The Kier molecular flexibility index (Phi) is 3.72. The molecule has 0 saturated carbocycles. The summed E-state index contributed by atoms with van der Waals surface area (Å²) in [4.78, 5) is 0. The van der Waals surface area contributed by atoms with Gasteiger partial charge in [-0.1, -0.05) is 11.6 Å². The first-order valence-corrected chi connectivity index (χ1v) is 5.73. The minimum Gasteiger partial charge on any atom is -0.489 e. The highest BCUT2D eigenvalue weighted by molar-refractivity contribution is 6.32. The fourth-order valence-electron chi connectivity index (χ4n) is 1.59. The Morgan fingerprint density at radius 3 is 2.67 bits per heavy atom. The number of hydrogen-bond donors (Lipinski definition) is 0. The highest BCUT2D eigenvalue weighted by Gasteiger charge is 2.15. The van der Waals surface area contributed by atoms with Crippen LogP contribution in [-0.4, -0.2) is 13.2 Å². The maximum Gasteiger partial charge on any atom is 0.179 e. The first-order valence-electron chi connectivity index (χ1n) is 5.35. The van der Waals surface area contributed by atoms with Crippen LogP contribution < -0.4 is 9.47 Å². The van der Waals surface area contributed by atoms with Gasteiger partial charge >= 0.3 is 0 Å². The standard InChI is InChI=1S/C13H9ClN2O2/c14-11-5-9(4-10(7-15)8-16)6-12-13(11)18-3-1-2-17-12/h4-6H,1-3H2. The lowest BCUT2D eigenvalue weighted by Gasteiger charge is -2.09. The van der Waals surface area contributed by atoms with Gasteiger partial charge in [0.25, 0.3) is 0 Å². The monoisotopic (exact) mass is 260 g/mol. The molecule has 2 rings (SSSR count). The van der Waals surface area contributed by atoms with E-state index in [-0.39, 0.29) is 5.57 Å². The number of fused-ring (bicyclic) bond motifs is 1. The largest absolute Gasteiger partial charge is 0.489 e. The summed E-state index contributed by atoms with van der Waals surface area (Å²) in [6.07, 6.45) is 2.25. The number of halogens is 1. The summed E-state index contributed by atoms with van der Waals surface area (Å²) in [5.41, 5.74) is 0.655. The van der Waals surface area contributed by atoms with Crippen molar-refractivity contribution in [1.82, 2.24) is 0 Å². The molecule has 1 heterocycles. The van der Waals surface area contributed by atoms with Crippen LogP contribution in [0, 0.1) is 22.7 Å². The molecule has 1 aromatic rings. The van der Waals surface area contributed by atoms with Crippen LogP contribution in [0.1, 0.15) is 12.0 Å². The number of benzene rings is 1. The lowest BCUT2D eigenvalue weighted by Crippen LogP contribution is -1.97. The third-order valence-electron chi connectivity index (χ3n) is 2.38. The van der Waals surface area contributed by atoms with E-state index in [1.54, 1.807) is 24.3 Å². The van der Waals surface area contributed by atoms with Crippen LogP contribution in [0.2, 0.25) is 5.02 Å². The highest BCUT2D eigenvalue weighted by atomic mass is 35.5. The zero-order valence-corrected chi connectivity index (χ0v) is 10.2. The van der Waals surface area contributed by atoms with Gasteiger partial charge in [-0.05, 0) is 23.8 Å². The molecule has 0 spiro atoms. The Bertz CT molecular complexity index is 566. The smallest absolute Gasteiger partial charge is 0.179 e. The Morgan fingerprint density at radius 2 is 1.94 bits per heavy atom. The van der Waals surface area contributed by atoms with Crippen molar-refractivity contribution in [1.29, 1.82) is 10.5 Å². The second-order valence-electron chi connectivity index (χ2n) is 3.66. The zero-order valence-electron chi connectivity index (χ0n) is 9.44. The number of hydrogen-bond acceptors (Lipinski definition) is 4. The first-order chi connectivity index (χ1) is 8.74. The van der Waals surface area contributed by atoms with E-state index in [0.717, 1.165) is 6.42 Å². The number of rotatable bonds is 1.